The van der Waals surface area contributed by atoms with Crippen LogP contribution in [-0.2, 0) is 17.8 Å². The summed E-state index contributed by atoms with van der Waals surface area (Å²) in [4.78, 5) is 51.0. The van der Waals surface area contributed by atoms with Gasteiger partial charge < -0.3 is 10.5 Å². The number of carbonyl (C=O) groups excluding carboxylic acids is 1. The molecule has 2 aromatic heterocycles. The number of hydrogen-bond acceptors (Lipinski definition) is 7. The second kappa shape index (κ2) is 9.45. The van der Waals surface area contributed by atoms with E-state index >= 15 is 0 Å². The molecule has 10 nitrogen and oxygen atoms in total. The largest absolute Gasteiger partial charge is 0.383 e. The molecule has 0 atom stereocenters. The number of nitrogens with two attached hydrogens (primary N) is 1. The summed E-state index contributed by atoms with van der Waals surface area (Å²) in [7, 11) is 1.48. The quantitative estimate of drug-likeness (QED) is 0.440. The first kappa shape index (κ1) is 21.9. The molecule has 0 aliphatic carbocycles. The SMILES string of the molecule is COCCn1c(N)c(N(Cc2ccccc2)C(=O)c2cnc3ccccc3n2)c(=O)[nH]c1=O. The minimum Gasteiger partial charge on any atom is -0.383 e. The van der Waals surface area contributed by atoms with Crippen molar-refractivity contribution in [3.63, 3.8) is 0 Å². The second-order valence-corrected chi connectivity index (χ2v) is 7.26. The summed E-state index contributed by atoms with van der Waals surface area (Å²) >= 11 is 0. The predicted molar refractivity (Wildman–Crippen MR) is 124 cm³/mol. The number of aromatic nitrogens is 4. The molecule has 4 aromatic rings. The maximum absolute atomic E-state index is 13.6. The Morgan fingerprint density at radius 1 is 1.09 bits per heavy atom. The lowest BCUT2D eigenvalue weighted by Crippen LogP contribution is -2.41. The van der Waals surface area contributed by atoms with Gasteiger partial charge in [0, 0.05) is 7.11 Å². The van der Waals surface area contributed by atoms with Crippen molar-refractivity contribution in [3.05, 3.63) is 92.9 Å². The minimum atomic E-state index is -0.774. The second-order valence-electron chi connectivity index (χ2n) is 7.26. The number of ether oxygens (including phenoxy) is 1. The molecule has 3 N–H and O–H groups in total. The summed E-state index contributed by atoms with van der Waals surface area (Å²) in [5, 5.41) is 0. The highest BCUT2D eigenvalue weighted by Crippen LogP contribution is 2.22. The third-order valence-electron chi connectivity index (χ3n) is 5.10. The molecule has 0 fully saturated rings. The number of fused-ring (bicyclic) bond motifs is 1. The highest BCUT2D eigenvalue weighted by molar-refractivity contribution is 6.06. The van der Waals surface area contributed by atoms with Crippen LogP contribution in [0.5, 0.6) is 0 Å². The van der Waals surface area contributed by atoms with Crippen molar-refractivity contribution in [3.8, 4) is 0 Å². The standard InChI is InChI=1S/C23H22N6O4/c1-33-12-11-28-20(24)19(21(30)27-23(28)32)29(14-15-7-3-2-4-8-15)22(31)18-13-25-16-9-5-6-10-17(16)26-18/h2-10,13H,11-12,14,24H2,1H3,(H,27,30,32). The highest BCUT2D eigenvalue weighted by Gasteiger charge is 2.27. The van der Waals surface area contributed by atoms with Gasteiger partial charge in [-0.25, -0.2) is 9.78 Å². The lowest BCUT2D eigenvalue weighted by molar-refractivity contribution is 0.0980. The molecule has 0 saturated carbocycles. The minimum absolute atomic E-state index is 0.0317. The van der Waals surface area contributed by atoms with Gasteiger partial charge >= 0.3 is 5.69 Å². The van der Waals surface area contributed by atoms with Crippen molar-refractivity contribution in [1.29, 1.82) is 0 Å². The van der Waals surface area contributed by atoms with Crippen molar-refractivity contribution >= 4 is 28.4 Å². The van der Waals surface area contributed by atoms with E-state index in [9.17, 15) is 14.4 Å². The van der Waals surface area contributed by atoms with E-state index in [2.05, 4.69) is 15.0 Å². The molecule has 0 unspecified atom stereocenters. The maximum atomic E-state index is 13.6. The van der Waals surface area contributed by atoms with Crippen LogP contribution in [0.15, 0.2) is 70.4 Å². The molecule has 0 spiro atoms. The van der Waals surface area contributed by atoms with Gasteiger partial charge in [0.05, 0.1) is 36.9 Å². The van der Waals surface area contributed by atoms with Crippen LogP contribution in [0.1, 0.15) is 16.1 Å². The molecule has 10 heteroatoms. The molecule has 168 valence electrons. The van der Waals surface area contributed by atoms with Crippen molar-refractivity contribution < 1.29 is 9.53 Å². The number of hydrogen-bond donors (Lipinski definition) is 2. The zero-order chi connectivity index (χ0) is 23.4. The summed E-state index contributed by atoms with van der Waals surface area (Å²) in [5.74, 6) is -0.718. The predicted octanol–water partition coefficient (Wildman–Crippen LogP) is 1.56. The Kier molecular flexibility index (Phi) is 6.27. The van der Waals surface area contributed by atoms with E-state index in [0.717, 1.165) is 10.1 Å². The van der Waals surface area contributed by atoms with Crippen molar-refractivity contribution in [2.75, 3.05) is 24.4 Å². The Hall–Kier alpha value is -4.31. The molecular weight excluding hydrogens is 424 g/mol. The molecule has 0 radical (unpaired) electrons. The van der Waals surface area contributed by atoms with Crippen molar-refractivity contribution in [2.24, 2.45) is 0 Å². The summed E-state index contributed by atoms with van der Waals surface area (Å²) < 4.78 is 6.20. The van der Waals surface area contributed by atoms with E-state index in [1.165, 1.54) is 18.2 Å². The summed E-state index contributed by atoms with van der Waals surface area (Å²) in [5.41, 5.74) is 6.61. The van der Waals surface area contributed by atoms with Crippen LogP contribution in [0.25, 0.3) is 11.0 Å². The fourth-order valence-electron chi connectivity index (χ4n) is 3.46. The van der Waals surface area contributed by atoms with Crippen LogP contribution in [-0.4, -0.2) is 39.1 Å². The van der Waals surface area contributed by atoms with Gasteiger partial charge in [0.15, 0.2) is 5.69 Å². The third kappa shape index (κ3) is 4.51. The number of nitrogen functional groups attached to an aromatic ring is 1. The Labute approximate surface area is 188 Å². The van der Waals surface area contributed by atoms with Gasteiger partial charge in [-0.05, 0) is 17.7 Å². The zero-order valence-corrected chi connectivity index (χ0v) is 17.9. The highest BCUT2D eigenvalue weighted by atomic mass is 16.5. The molecule has 2 aromatic carbocycles. The number of rotatable bonds is 7. The first-order valence-electron chi connectivity index (χ1n) is 10.2. The molecule has 0 aliphatic heterocycles. The van der Waals surface area contributed by atoms with Crippen molar-refractivity contribution in [1.82, 2.24) is 19.5 Å². The number of anilines is 2. The van der Waals surface area contributed by atoms with Gasteiger partial charge in [-0.2, -0.15) is 0 Å². The fraction of sp³-hybridized carbons (Fsp3) is 0.174. The number of nitrogens with zero attached hydrogens (tertiary/aromatic N) is 4. The first-order valence-corrected chi connectivity index (χ1v) is 10.2. The van der Waals surface area contributed by atoms with Gasteiger partial charge in [-0.3, -0.25) is 29.0 Å². The normalized spacial score (nSPS) is 10.9. The topological polar surface area (TPSA) is 136 Å². The smallest absolute Gasteiger partial charge is 0.330 e. The van der Waals surface area contributed by atoms with E-state index in [0.29, 0.717) is 11.0 Å². The molecule has 33 heavy (non-hydrogen) atoms. The monoisotopic (exact) mass is 446 g/mol. The summed E-state index contributed by atoms with van der Waals surface area (Å²) in [6.07, 6.45) is 1.36. The number of methoxy groups -OCH3 is 1. The van der Waals surface area contributed by atoms with Gasteiger partial charge in [0.2, 0.25) is 0 Å². The molecule has 4 rings (SSSR count). The number of carbonyl (C=O) groups is 1. The van der Waals surface area contributed by atoms with Crippen LogP contribution in [0.3, 0.4) is 0 Å². The average molecular weight is 446 g/mol. The Morgan fingerprint density at radius 3 is 2.52 bits per heavy atom. The van der Waals surface area contributed by atoms with E-state index < -0.39 is 17.2 Å². The number of amides is 1. The number of H-pyrrole nitrogens is 1. The van der Waals surface area contributed by atoms with Crippen LogP contribution >= 0.6 is 0 Å². The van der Waals surface area contributed by atoms with E-state index in [4.69, 9.17) is 10.5 Å². The van der Waals surface area contributed by atoms with Crippen LogP contribution in [0.4, 0.5) is 11.5 Å². The van der Waals surface area contributed by atoms with Gasteiger partial charge in [-0.15, -0.1) is 0 Å². The molecule has 2 heterocycles. The van der Waals surface area contributed by atoms with Crippen LogP contribution in [0, 0.1) is 0 Å². The summed E-state index contributed by atoms with van der Waals surface area (Å²) in [6, 6.07) is 16.3. The molecular formula is C23H22N6O4. The fourth-order valence-corrected chi connectivity index (χ4v) is 3.46. The number of para-hydroxylation sites is 2. The van der Waals surface area contributed by atoms with Gasteiger partial charge in [0.25, 0.3) is 11.5 Å². The zero-order valence-electron chi connectivity index (χ0n) is 17.9. The number of nitrogens with one attached hydrogen (secondary N) is 1. The van der Waals surface area contributed by atoms with Crippen LogP contribution in [0.2, 0.25) is 0 Å². The Morgan fingerprint density at radius 2 is 1.79 bits per heavy atom. The van der Waals surface area contributed by atoms with Crippen molar-refractivity contribution in [2.45, 2.75) is 13.1 Å². The first-order chi connectivity index (χ1) is 16.0. The van der Waals surface area contributed by atoms with E-state index in [-0.39, 0.29) is 36.9 Å². The van der Waals surface area contributed by atoms with Crippen LogP contribution < -0.4 is 21.9 Å². The number of aromatic amines is 1. The van der Waals surface area contributed by atoms with E-state index in [1.54, 1.807) is 18.2 Å². The van der Waals surface area contributed by atoms with E-state index in [1.807, 2.05) is 36.4 Å². The molecule has 1 amide bonds. The maximum Gasteiger partial charge on any atom is 0.330 e. The molecule has 0 saturated heterocycles. The lowest BCUT2D eigenvalue weighted by atomic mass is 10.2. The number of benzene rings is 2. The molecule has 0 aliphatic rings. The lowest BCUT2D eigenvalue weighted by Gasteiger charge is -2.24. The Balaban J connectivity index is 1.85. The van der Waals surface area contributed by atoms with Gasteiger partial charge in [-0.1, -0.05) is 42.5 Å². The third-order valence-corrected chi connectivity index (χ3v) is 5.10. The van der Waals surface area contributed by atoms with Gasteiger partial charge in [0.1, 0.15) is 11.5 Å². The average Bonchev–Trinajstić information content (AvgIpc) is 2.83. The molecule has 0 bridgehead atoms. The summed E-state index contributed by atoms with van der Waals surface area (Å²) in [6.45, 7) is 0.330. The Bertz CT molecular complexity index is 1410.